The van der Waals surface area contributed by atoms with E-state index in [4.69, 9.17) is 9.47 Å². The molecule has 0 bridgehead atoms. The van der Waals surface area contributed by atoms with Gasteiger partial charge in [-0.2, -0.15) is 0 Å². The minimum Gasteiger partial charge on any atom is -0.493 e. The Bertz CT molecular complexity index is 1340. The minimum atomic E-state index is -0.451. The maximum atomic E-state index is 12.2. The lowest BCUT2D eigenvalue weighted by Gasteiger charge is -2.45. The van der Waals surface area contributed by atoms with Crippen LogP contribution in [0.4, 0.5) is 0 Å². The van der Waals surface area contributed by atoms with Crippen LogP contribution in [0.15, 0.2) is 48.6 Å². The molecule has 274 valence electrons. The molecule has 1 fully saturated rings. The molecule has 1 saturated carbocycles. The van der Waals surface area contributed by atoms with E-state index in [9.17, 15) is 9.90 Å². The first-order valence-corrected chi connectivity index (χ1v) is 19.5. The fourth-order valence-electron chi connectivity index (χ4n) is 7.63. The van der Waals surface area contributed by atoms with Crippen LogP contribution in [0.2, 0.25) is 0 Å². The van der Waals surface area contributed by atoms with Gasteiger partial charge >= 0.3 is 5.97 Å². The molecule has 49 heavy (non-hydrogen) atoms. The van der Waals surface area contributed by atoms with Crippen LogP contribution in [0.5, 0.6) is 5.75 Å². The zero-order chi connectivity index (χ0) is 36.4. The van der Waals surface area contributed by atoms with Gasteiger partial charge in [0.1, 0.15) is 5.75 Å². The van der Waals surface area contributed by atoms with Gasteiger partial charge in [-0.3, -0.25) is 0 Å². The predicted molar refractivity (Wildman–Crippen MR) is 207 cm³/mol. The first-order valence-electron chi connectivity index (χ1n) is 19.5. The maximum Gasteiger partial charge on any atom is 0.333 e. The summed E-state index contributed by atoms with van der Waals surface area (Å²) in [4.78, 5) is 12.2. The molecule has 2 aromatic carbocycles. The fourth-order valence-corrected chi connectivity index (χ4v) is 7.63. The second kappa shape index (κ2) is 18.6. The Morgan fingerprint density at radius 1 is 0.939 bits per heavy atom. The molecule has 0 heterocycles. The number of benzene rings is 2. The standard InChI is InChI=1S/C45H70O4/c1-12-14-15-16-33-17-19-35(20-18-33)36-21-23-39(34(13-2)29-36)37-22-24-41(38(30-37)25-27-49-43(47)31(3)4)48-28-26-40(42(46)44(7,8)9)45(10,11)32(5)6/h21-24,29-30,32-33,35,40,42,46H,3,12-20,25-28H2,1-2,4-11H3. The molecule has 2 unspecified atom stereocenters. The van der Waals surface area contributed by atoms with E-state index in [1.54, 1.807) is 6.92 Å². The smallest absolute Gasteiger partial charge is 0.333 e. The van der Waals surface area contributed by atoms with Crippen LogP contribution in [-0.2, 0) is 22.4 Å². The van der Waals surface area contributed by atoms with E-state index in [0.717, 1.165) is 30.1 Å². The van der Waals surface area contributed by atoms with E-state index in [1.807, 2.05) is 0 Å². The van der Waals surface area contributed by atoms with Crippen molar-refractivity contribution in [2.24, 2.45) is 28.6 Å². The molecule has 2 aromatic rings. The van der Waals surface area contributed by atoms with Crippen LogP contribution in [0.3, 0.4) is 0 Å². The van der Waals surface area contributed by atoms with Crippen LogP contribution in [-0.4, -0.2) is 30.4 Å². The zero-order valence-corrected chi connectivity index (χ0v) is 32.9. The number of carbonyl (C=O) groups excluding carboxylic acids is 1. The Balaban J connectivity index is 1.83. The third-order valence-electron chi connectivity index (χ3n) is 11.8. The average molecular weight is 675 g/mol. The number of esters is 1. The van der Waals surface area contributed by atoms with Gasteiger partial charge in [0.25, 0.3) is 0 Å². The second-order valence-electron chi connectivity index (χ2n) is 17.0. The van der Waals surface area contributed by atoms with Crippen molar-refractivity contribution in [3.05, 3.63) is 65.2 Å². The fraction of sp³-hybridized carbons (Fsp3) is 0.667. The van der Waals surface area contributed by atoms with Crippen molar-refractivity contribution < 1.29 is 19.4 Å². The number of ether oxygens (including phenoxy) is 2. The number of aryl methyl sites for hydroxylation is 1. The maximum absolute atomic E-state index is 12.2. The summed E-state index contributed by atoms with van der Waals surface area (Å²) in [6.07, 6.45) is 12.6. The van der Waals surface area contributed by atoms with Gasteiger partial charge in [0.2, 0.25) is 0 Å². The van der Waals surface area contributed by atoms with Crippen molar-refractivity contribution in [3.63, 3.8) is 0 Å². The summed E-state index contributed by atoms with van der Waals surface area (Å²) in [6.45, 7) is 26.1. The van der Waals surface area contributed by atoms with Gasteiger partial charge < -0.3 is 14.6 Å². The summed E-state index contributed by atoms with van der Waals surface area (Å²) < 4.78 is 12.1. The molecule has 0 spiro atoms. The number of hydrogen-bond acceptors (Lipinski definition) is 4. The lowest BCUT2D eigenvalue weighted by molar-refractivity contribution is -0.138. The van der Waals surface area contributed by atoms with Gasteiger partial charge in [-0.1, -0.05) is 119 Å². The third-order valence-corrected chi connectivity index (χ3v) is 11.8. The van der Waals surface area contributed by atoms with Gasteiger partial charge in [-0.15, -0.1) is 0 Å². The number of carbonyl (C=O) groups is 1. The molecule has 4 heteroatoms. The highest BCUT2D eigenvalue weighted by Crippen LogP contribution is 2.44. The van der Waals surface area contributed by atoms with Crippen LogP contribution in [0, 0.1) is 28.6 Å². The summed E-state index contributed by atoms with van der Waals surface area (Å²) in [5.74, 6) is 2.51. The van der Waals surface area contributed by atoms with Crippen molar-refractivity contribution in [1.82, 2.24) is 0 Å². The number of unbranched alkanes of at least 4 members (excludes halogenated alkanes) is 2. The quantitative estimate of drug-likeness (QED) is 0.0971. The topological polar surface area (TPSA) is 55.8 Å². The van der Waals surface area contributed by atoms with Crippen molar-refractivity contribution in [2.75, 3.05) is 13.2 Å². The minimum absolute atomic E-state index is 0.0593. The number of hydrogen-bond donors (Lipinski definition) is 1. The lowest BCUT2D eigenvalue weighted by Crippen LogP contribution is -2.44. The predicted octanol–water partition coefficient (Wildman–Crippen LogP) is 11.9. The third kappa shape index (κ3) is 11.5. The average Bonchev–Trinajstić information content (AvgIpc) is 3.06. The largest absolute Gasteiger partial charge is 0.493 e. The van der Waals surface area contributed by atoms with Gasteiger partial charge in [0, 0.05) is 12.0 Å². The zero-order valence-electron chi connectivity index (χ0n) is 32.9. The number of rotatable bonds is 18. The SMILES string of the molecule is C=C(C)C(=O)OCCc1cc(-c2ccc(C3CCC(CCCCC)CC3)cc2CC)ccc1OCCC(C(O)C(C)(C)C)C(C)(C)C(C)C. The van der Waals surface area contributed by atoms with Gasteiger partial charge in [-0.05, 0) is 120 Å². The summed E-state index contributed by atoms with van der Waals surface area (Å²) in [5, 5.41) is 11.4. The summed E-state index contributed by atoms with van der Waals surface area (Å²) >= 11 is 0. The summed E-state index contributed by atoms with van der Waals surface area (Å²) in [6, 6.07) is 13.6. The monoisotopic (exact) mass is 675 g/mol. The van der Waals surface area contributed by atoms with Crippen molar-refractivity contribution in [2.45, 2.75) is 152 Å². The van der Waals surface area contributed by atoms with Crippen molar-refractivity contribution in [3.8, 4) is 16.9 Å². The Labute approximate surface area is 300 Å². The molecule has 4 nitrogen and oxygen atoms in total. The molecule has 0 saturated heterocycles. The molecule has 1 N–H and O–H groups in total. The van der Waals surface area contributed by atoms with E-state index in [2.05, 4.69) is 105 Å². The van der Waals surface area contributed by atoms with E-state index < -0.39 is 6.10 Å². The molecule has 0 aliphatic heterocycles. The van der Waals surface area contributed by atoms with E-state index in [-0.39, 0.29) is 29.3 Å². The molecular formula is C45H70O4. The first kappa shape index (κ1) is 40.8. The van der Waals surface area contributed by atoms with Crippen LogP contribution in [0.25, 0.3) is 11.1 Å². The van der Waals surface area contributed by atoms with Crippen molar-refractivity contribution >= 4 is 5.97 Å². The molecule has 0 amide bonds. The first-order chi connectivity index (χ1) is 23.1. The number of aliphatic hydroxyl groups excluding tert-OH is 1. The van der Waals surface area contributed by atoms with Gasteiger partial charge in [0.05, 0.1) is 19.3 Å². The Morgan fingerprint density at radius 3 is 2.22 bits per heavy atom. The molecule has 2 atom stereocenters. The van der Waals surface area contributed by atoms with Gasteiger partial charge in [-0.25, -0.2) is 4.79 Å². The number of aliphatic hydroxyl groups is 1. The van der Waals surface area contributed by atoms with Crippen LogP contribution >= 0.6 is 0 Å². The second-order valence-corrected chi connectivity index (χ2v) is 17.0. The summed E-state index contributed by atoms with van der Waals surface area (Å²) in [7, 11) is 0. The van der Waals surface area contributed by atoms with Crippen LogP contribution < -0.4 is 4.74 Å². The highest BCUT2D eigenvalue weighted by molar-refractivity contribution is 5.86. The normalized spacial score (nSPS) is 18.3. The van der Waals surface area contributed by atoms with E-state index in [1.165, 1.54) is 73.6 Å². The highest BCUT2D eigenvalue weighted by Gasteiger charge is 2.41. The van der Waals surface area contributed by atoms with Gasteiger partial charge in [0.15, 0.2) is 0 Å². The van der Waals surface area contributed by atoms with Crippen LogP contribution in [0.1, 0.15) is 150 Å². The molecule has 0 aromatic heterocycles. The Kier molecular flexibility index (Phi) is 15.5. The molecule has 3 rings (SSSR count). The lowest BCUT2D eigenvalue weighted by atomic mass is 9.63. The van der Waals surface area contributed by atoms with Crippen molar-refractivity contribution in [1.29, 1.82) is 0 Å². The Morgan fingerprint density at radius 2 is 1.63 bits per heavy atom. The highest BCUT2D eigenvalue weighted by atomic mass is 16.5. The van der Waals surface area contributed by atoms with E-state index in [0.29, 0.717) is 30.4 Å². The molecule has 1 aliphatic rings. The summed E-state index contributed by atoms with van der Waals surface area (Å²) in [5.41, 5.74) is 6.45. The van der Waals surface area contributed by atoms with E-state index >= 15 is 0 Å². The molecule has 1 aliphatic carbocycles. The molecule has 0 radical (unpaired) electrons. The molecular weight excluding hydrogens is 604 g/mol. The Hall–Kier alpha value is -2.59.